The third-order valence-corrected chi connectivity index (χ3v) is 4.58. The molecule has 1 aliphatic rings. The van der Waals surface area contributed by atoms with E-state index in [9.17, 15) is 13.2 Å². The first-order valence-corrected chi connectivity index (χ1v) is 7.45. The first-order chi connectivity index (χ1) is 8.08. The molecule has 0 N–H and O–H groups in total. The minimum atomic E-state index is -2.96. The minimum Gasteiger partial charge on any atom is -0.338 e. The molecule has 1 fully saturated rings. The van der Waals surface area contributed by atoms with Crippen LogP contribution in [-0.4, -0.2) is 43.8 Å². The summed E-state index contributed by atoms with van der Waals surface area (Å²) in [5.41, 5.74) is 0.617. The van der Waals surface area contributed by atoms with Gasteiger partial charge in [-0.25, -0.2) is 8.42 Å². The van der Waals surface area contributed by atoms with E-state index in [1.54, 1.807) is 17.0 Å². The molecule has 0 atom stereocenters. The van der Waals surface area contributed by atoms with Gasteiger partial charge in [-0.1, -0.05) is 18.2 Å². The summed E-state index contributed by atoms with van der Waals surface area (Å²) in [6, 6.07) is 8.97. The van der Waals surface area contributed by atoms with Crippen LogP contribution in [0, 0.1) is 0 Å². The highest BCUT2D eigenvalue weighted by atomic mass is 32.2. The Kier molecular flexibility index (Phi) is 3.47. The highest BCUT2D eigenvalue weighted by Crippen LogP contribution is 2.10. The Labute approximate surface area is 101 Å². The van der Waals surface area contributed by atoms with E-state index in [0.717, 1.165) is 0 Å². The maximum atomic E-state index is 12.1. The highest BCUT2D eigenvalue weighted by Gasteiger charge is 2.22. The Morgan fingerprint density at radius 2 is 1.76 bits per heavy atom. The van der Waals surface area contributed by atoms with Crippen LogP contribution in [0.5, 0.6) is 0 Å². The molecule has 0 radical (unpaired) electrons. The van der Waals surface area contributed by atoms with E-state index < -0.39 is 9.84 Å². The molecule has 0 saturated carbocycles. The van der Waals surface area contributed by atoms with E-state index in [4.69, 9.17) is 0 Å². The molecule has 0 unspecified atom stereocenters. The molecule has 0 aromatic heterocycles. The summed E-state index contributed by atoms with van der Waals surface area (Å²) >= 11 is 0. The van der Waals surface area contributed by atoms with Crippen LogP contribution >= 0.6 is 0 Å². The van der Waals surface area contributed by atoms with E-state index in [1.165, 1.54) is 0 Å². The molecule has 1 saturated heterocycles. The summed E-state index contributed by atoms with van der Waals surface area (Å²) in [5.74, 6) is 0.180. The molecule has 1 heterocycles. The Hall–Kier alpha value is -1.36. The maximum Gasteiger partial charge on any atom is 0.253 e. The normalized spacial score (nSPS) is 19.6. The molecule has 17 heavy (non-hydrogen) atoms. The van der Waals surface area contributed by atoms with Crippen LogP contribution in [0.3, 0.4) is 0 Å². The number of carbonyl (C=O) groups excluding carboxylic acids is 1. The quantitative estimate of drug-likeness (QED) is 0.748. The highest BCUT2D eigenvalue weighted by molar-refractivity contribution is 7.91. The van der Waals surface area contributed by atoms with Gasteiger partial charge in [-0.15, -0.1) is 0 Å². The van der Waals surface area contributed by atoms with Gasteiger partial charge in [0.2, 0.25) is 0 Å². The number of sulfone groups is 1. The van der Waals surface area contributed by atoms with Crippen LogP contribution in [0.2, 0.25) is 0 Å². The molecular formula is C12H15NO3S. The first-order valence-electron chi connectivity index (χ1n) is 5.63. The van der Waals surface area contributed by atoms with Crippen LogP contribution in [0.1, 0.15) is 16.8 Å². The van der Waals surface area contributed by atoms with Crippen LogP contribution in [0.4, 0.5) is 0 Å². The summed E-state index contributed by atoms with van der Waals surface area (Å²) in [6.45, 7) is 0.822. The van der Waals surface area contributed by atoms with Crippen molar-refractivity contribution in [2.24, 2.45) is 0 Å². The topological polar surface area (TPSA) is 54.5 Å². The second-order valence-corrected chi connectivity index (χ2v) is 6.47. The van der Waals surface area contributed by atoms with E-state index in [2.05, 4.69) is 0 Å². The van der Waals surface area contributed by atoms with E-state index in [-0.39, 0.29) is 17.4 Å². The average Bonchev–Trinajstić information content (AvgIpc) is 2.50. The lowest BCUT2D eigenvalue weighted by Crippen LogP contribution is -2.33. The second kappa shape index (κ2) is 4.87. The van der Waals surface area contributed by atoms with Crippen molar-refractivity contribution in [2.75, 3.05) is 24.6 Å². The number of nitrogens with zero attached hydrogens (tertiary/aromatic N) is 1. The molecule has 92 valence electrons. The fourth-order valence-corrected chi connectivity index (χ4v) is 3.18. The van der Waals surface area contributed by atoms with Crippen LogP contribution < -0.4 is 0 Å². The van der Waals surface area contributed by atoms with Gasteiger partial charge < -0.3 is 4.90 Å². The number of amides is 1. The van der Waals surface area contributed by atoms with Gasteiger partial charge in [-0.3, -0.25) is 4.79 Å². The molecule has 2 rings (SSSR count). The molecule has 0 spiro atoms. The zero-order valence-electron chi connectivity index (χ0n) is 9.50. The summed E-state index contributed by atoms with van der Waals surface area (Å²) in [6.07, 6.45) is 0.529. The fourth-order valence-electron chi connectivity index (χ4n) is 1.90. The van der Waals surface area contributed by atoms with Gasteiger partial charge in [0.1, 0.15) is 0 Å². The van der Waals surface area contributed by atoms with Crippen molar-refractivity contribution >= 4 is 15.7 Å². The predicted molar refractivity (Wildman–Crippen MR) is 65.6 cm³/mol. The third-order valence-electron chi connectivity index (χ3n) is 2.86. The van der Waals surface area contributed by atoms with E-state index in [1.807, 2.05) is 18.2 Å². The summed E-state index contributed by atoms with van der Waals surface area (Å²) < 4.78 is 22.9. The van der Waals surface area contributed by atoms with Gasteiger partial charge in [-0.05, 0) is 18.6 Å². The third kappa shape index (κ3) is 3.06. The minimum absolute atomic E-state index is 0.0750. The first kappa shape index (κ1) is 12.1. The standard InChI is InChI=1S/C12H15NO3S/c14-12(11-5-2-1-3-6-11)13-7-4-9-17(15,16)10-8-13/h1-3,5-6H,4,7-10H2. The van der Waals surface area contributed by atoms with Crippen molar-refractivity contribution in [3.63, 3.8) is 0 Å². The average molecular weight is 253 g/mol. The molecule has 4 nitrogen and oxygen atoms in total. The Morgan fingerprint density at radius 1 is 1.06 bits per heavy atom. The molecule has 0 aliphatic carbocycles. The van der Waals surface area contributed by atoms with Crippen LogP contribution in [0.25, 0.3) is 0 Å². The summed E-state index contributed by atoms with van der Waals surface area (Å²) in [7, 11) is -2.96. The fraction of sp³-hybridized carbons (Fsp3) is 0.417. The lowest BCUT2D eigenvalue weighted by Gasteiger charge is -2.19. The van der Waals surface area contributed by atoms with Crippen molar-refractivity contribution in [3.05, 3.63) is 35.9 Å². The monoisotopic (exact) mass is 253 g/mol. The molecule has 1 aliphatic heterocycles. The van der Waals surface area contributed by atoms with Crippen molar-refractivity contribution in [1.29, 1.82) is 0 Å². The van der Waals surface area contributed by atoms with Gasteiger partial charge in [0.05, 0.1) is 11.5 Å². The largest absolute Gasteiger partial charge is 0.338 e. The lowest BCUT2D eigenvalue weighted by molar-refractivity contribution is 0.0768. The summed E-state index contributed by atoms with van der Waals surface area (Å²) in [5, 5.41) is 0. The van der Waals surface area contributed by atoms with Crippen molar-refractivity contribution in [1.82, 2.24) is 4.90 Å². The molecule has 1 aromatic carbocycles. The molecular weight excluding hydrogens is 238 g/mol. The Morgan fingerprint density at radius 3 is 2.47 bits per heavy atom. The predicted octanol–water partition coefficient (Wildman–Crippen LogP) is 0.947. The zero-order valence-corrected chi connectivity index (χ0v) is 10.3. The van der Waals surface area contributed by atoms with Crippen molar-refractivity contribution in [2.45, 2.75) is 6.42 Å². The molecule has 0 bridgehead atoms. The second-order valence-electron chi connectivity index (χ2n) is 4.16. The number of carbonyl (C=O) groups is 1. The van der Waals surface area contributed by atoms with Crippen LogP contribution in [-0.2, 0) is 9.84 Å². The summed E-state index contributed by atoms with van der Waals surface area (Å²) in [4.78, 5) is 13.7. The Bertz CT molecular complexity index is 496. The number of hydrogen-bond donors (Lipinski definition) is 0. The number of rotatable bonds is 1. The van der Waals surface area contributed by atoms with E-state index >= 15 is 0 Å². The van der Waals surface area contributed by atoms with Gasteiger partial charge in [-0.2, -0.15) is 0 Å². The molecule has 1 aromatic rings. The van der Waals surface area contributed by atoms with Crippen molar-refractivity contribution in [3.8, 4) is 0 Å². The molecule has 5 heteroatoms. The number of benzene rings is 1. The number of hydrogen-bond acceptors (Lipinski definition) is 3. The smallest absolute Gasteiger partial charge is 0.253 e. The van der Waals surface area contributed by atoms with E-state index in [0.29, 0.717) is 25.1 Å². The van der Waals surface area contributed by atoms with Gasteiger partial charge in [0, 0.05) is 18.7 Å². The van der Waals surface area contributed by atoms with Gasteiger partial charge in [0.15, 0.2) is 9.84 Å². The van der Waals surface area contributed by atoms with Crippen LogP contribution in [0.15, 0.2) is 30.3 Å². The lowest BCUT2D eigenvalue weighted by atomic mass is 10.2. The SMILES string of the molecule is O=C(c1ccccc1)N1CCCS(=O)(=O)CC1. The van der Waals surface area contributed by atoms with Gasteiger partial charge in [0.25, 0.3) is 5.91 Å². The Balaban J connectivity index is 2.11. The van der Waals surface area contributed by atoms with Gasteiger partial charge >= 0.3 is 0 Å². The molecule has 1 amide bonds. The maximum absolute atomic E-state index is 12.1. The zero-order chi connectivity index (χ0) is 12.3. The van der Waals surface area contributed by atoms with Crippen molar-refractivity contribution < 1.29 is 13.2 Å².